The fourth-order valence-electron chi connectivity index (χ4n) is 3.56. The molecule has 2 atom stereocenters. The maximum absolute atomic E-state index is 12.6. The minimum absolute atomic E-state index is 0.0840. The molecule has 2 saturated heterocycles. The molecular formula is C19H29N3O3. The Balaban J connectivity index is 1.45. The Hall–Kier alpha value is -1.47. The molecule has 0 unspecified atom stereocenters. The summed E-state index contributed by atoms with van der Waals surface area (Å²) in [5, 5.41) is 10.4. The van der Waals surface area contributed by atoms with Gasteiger partial charge in [-0.25, -0.2) is 0 Å². The van der Waals surface area contributed by atoms with E-state index >= 15 is 0 Å². The Morgan fingerprint density at radius 3 is 2.36 bits per heavy atom. The molecule has 1 amide bonds. The zero-order valence-electron chi connectivity index (χ0n) is 15.0. The number of aliphatic hydroxyl groups is 1. The number of amides is 1. The second-order valence-corrected chi connectivity index (χ2v) is 6.88. The van der Waals surface area contributed by atoms with Gasteiger partial charge in [-0.3, -0.25) is 14.6 Å². The first-order valence-electron chi connectivity index (χ1n) is 9.21. The fourth-order valence-corrected chi connectivity index (χ4v) is 3.56. The van der Waals surface area contributed by atoms with Crippen molar-refractivity contribution < 1.29 is 14.6 Å². The van der Waals surface area contributed by atoms with Crippen LogP contribution in [0.4, 0.5) is 0 Å². The highest BCUT2D eigenvalue weighted by Gasteiger charge is 2.29. The minimum atomic E-state index is -0.458. The van der Waals surface area contributed by atoms with Gasteiger partial charge in [0.05, 0.1) is 25.4 Å². The molecule has 0 aromatic heterocycles. The van der Waals surface area contributed by atoms with Crippen LogP contribution in [-0.2, 0) is 9.53 Å². The van der Waals surface area contributed by atoms with Crippen LogP contribution in [0.5, 0.6) is 0 Å². The second-order valence-electron chi connectivity index (χ2n) is 6.88. The highest BCUT2D eigenvalue weighted by atomic mass is 16.5. The summed E-state index contributed by atoms with van der Waals surface area (Å²) in [5.41, 5.74) is 0.959. The van der Waals surface area contributed by atoms with E-state index in [0.29, 0.717) is 32.8 Å². The SMILES string of the molecule is C[C@H](C(=O)N1CCOCC1)N1CCN(C[C@H](O)c2ccccc2)CC1. The van der Waals surface area contributed by atoms with Gasteiger partial charge in [0.1, 0.15) is 0 Å². The molecule has 2 aliphatic heterocycles. The summed E-state index contributed by atoms with van der Waals surface area (Å²) in [6, 6.07) is 9.71. The van der Waals surface area contributed by atoms with E-state index in [0.717, 1.165) is 31.7 Å². The number of carbonyl (C=O) groups is 1. The molecule has 0 spiro atoms. The first-order valence-corrected chi connectivity index (χ1v) is 9.21. The largest absolute Gasteiger partial charge is 0.387 e. The summed E-state index contributed by atoms with van der Waals surface area (Å²) in [5.74, 6) is 0.209. The number of ether oxygens (including phenoxy) is 1. The lowest BCUT2D eigenvalue weighted by atomic mass is 10.1. The van der Waals surface area contributed by atoms with Gasteiger partial charge in [-0.2, -0.15) is 0 Å². The third-order valence-corrected chi connectivity index (χ3v) is 5.25. The quantitative estimate of drug-likeness (QED) is 0.845. The third kappa shape index (κ3) is 4.79. The average Bonchev–Trinajstić information content (AvgIpc) is 2.69. The molecule has 0 saturated carbocycles. The van der Waals surface area contributed by atoms with E-state index in [-0.39, 0.29) is 11.9 Å². The fraction of sp³-hybridized carbons (Fsp3) is 0.632. The summed E-state index contributed by atoms with van der Waals surface area (Å²) in [6.07, 6.45) is -0.458. The predicted octanol–water partition coefficient (Wildman–Crippen LogP) is 0.585. The topological polar surface area (TPSA) is 56.2 Å². The molecule has 3 rings (SSSR count). The highest BCUT2D eigenvalue weighted by Crippen LogP contribution is 2.16. The molecule has 1 aromatic rings. The minimum Gasteiger partial charge on any atom is -0.387 e. The summed E-state index contributed by atoms with van der Waals surface area (Å²) < 4.78 is 5.32. The van der Waals surface area contributed by atoms with Crippen molar-refractivity contribution in [3.63, 3.8) is 0 Å². The average molecular weight is 347 g/mol. The van der Waals surface area contributed by atoms with Crippen molar-refractivity contribution in [2.75, 3.05) is 59.0 Å². The predicted molar refractivity (Wildman–Crippen MR) is 96.3 cm³/mol. The van der Waals surface area contributed by atoms with Gasteiger partial charge >= 0.3 is 0 Å². The lowest BCUT2D eigenvalue weighted by molar-refractivity contribution is -0.141. The molecule has 2 aliphatic rings. The van der Waals surface area contributed by atoms with Crippen molar-refractivity contribution in [1.29, 1.82) is 0 Å². The van der Waals surface area contributed by atoms with E-state index in [2.05, 4.69) is 9.80 Å². The van der Waals surface area contributed by atoms with Crippen LogP contribution < -0.4 is 0 Å². The maximum atomic E-state index is 12.6. The first kappa shape index (κ1) is 18.3. The standard InChI is InChI=1S/C19H29N3O3/c1-16(19(24)22-11-13-25-14-12-22)21-9-7-20(8-10-21)15-18(23)17-5-3-2-4-6-17/h2-6,16,18,23H,7-15H2,1H3/t16-,18+/m1/s1. The number of nitrogens with zero attached hydrogens (tertiary/aromatic N) is 3. The summed E-state index contributed by atoms with van der Waals surface area (Å²) >= 11 is 0. The zero-order chi connectivity index (χ0) is 17.6. The molecule has 0 aliphatic carbocycles. The normalized spacial score (nSPS) is 22.6. The summed E-state index contributed by atoms with van der Waals surface area (Å²) in [6.45, 7) is 8.81. The van der Waals surface area contributed by atoms with Gasteiger partial charge in [-0.15, -0.1) is 0 Å². The molecule has 0 radical (unpaired) electrons. The van der Waals surface area contributed by atoms with Crippen LogP contribution in [0.3, 0.4) is 0 Å². The Kier molecular flexibility index (Phi) is 6.42. The van der Waals surface area contributed by atoms with Crippen LogP contribution in [0.2, 0.25) is 0 Å². The van der Waals surface area contributed by atoms with Gasteiger partial charge in [0.25, 0.3) is 0 Å². The number of benzene rings is 1. The van der Waals surface area contributed by atoms with Crippen LogP contribution >= 0.6 is 0 Å². The molecule has 2 heterocycles. The van der Waals surface area contributed by atoms with Gasteiger partial charge in [0, 0.05) is 45.8 Å². The first-order chi connectivity index (χ1) is 12.1. The Bertz CT molecular complexity index is 540. The van der Waals surface area contributed by atoms with Gasteiger partial charge in [-0.05, 0) is 12.5 Å². The van der Waals surface area contributed by atoms with E-state index in [9.17, 15) is 9.90 Å². The van der Waals surface area contributed by atoms with Crippen molar-refractivity contribution in [3.05, 3.63) is 35.9 Å². The van der Waals surface area contributed by atoms with E-state index in [1.54, 1.807) is 0 Å². The lowest BCUT2D eigenvalue weighted by Crippen LogP contribution is -2.56. The zero-order valence-corrected chi connectivity index (χ0v) is 15.0. The number of carbonyl (C=O) groups excluding carboxylic acids is 1. The van der Waals surface area contributed by atoms with Gasteiger partial charge in [0.2, 0.25) is 5.91 Å². The molecule has 25 heavy (non-hydrogen) atoms. The van der Waals surface area contributed by atoms with Crippen molar-refractivity contribution in [3.8, 4) is 0 Å². The van der Waals surface area contributed by atoms with Crippen LogP contribution in [0.15, 0.2) is 30.3 Å². The number of hydrogen-bond donors (Lipinski definition) is 1. The monoisotopic (exact) mass is 347 g/mol. The molecule has 1 aromatic carbocycles. The third-order valence-electron chi connectivity index (χ3n) is 5.25. The molecule has 1 N–H and O–H groups in total. The molecule has 6 heteroatoms. The van der Waals surface area contributed by atoms with Crippen LogP contribution in [0.1, 0.15) is 18.6 Å². The Morgan fingerprint density at radius 2 is 1.72 bits per heavy atom. The summed E-state index contributed by atoms with van der Waals surface area (Å²) in [7, 11) is 0. The number of piperazine rings is 1. The number of hydrogen-bond acceptors (Lipinski definition) is 5. The molecule has 6 nitrogen and oxygen atoms in total. The van der Waals surface area contributed by atoms with Gasteiger partial charge in [-0.1, -0.05) is 30.3 Å². The van der Waals surface area contributed by atoms with Crippen molar-refractivity contribution >= 4 is 5.91 Å². The summed E-state index contributed by atoms with van der Waals surface area (Å²) in [4.78, 5) is 19.1. The molecule has 138 valence electrons. The van der Waals surface area contributed by atoms with Crippen molar-refractivity contribution in [2.45, 2.75) is 19.1 Å². The lowest BCUT2D eigenvalue weighted by Gasteiger charge is -2.40. The van der Waals surface area contributed by atoms with Crippen LogP contribution in [-0.4, -0.2) is 90.8 Å². The number of aliphatic hydroxyl groups excluding tert-OH is 1. The molecular weight excluding hydrogens is 318 g/mol. The highest BCUT2D eigenvalue weighted by molar-refractivity contribution is 5.81. The Morgan fingerprint density at radius 1 is 1.08 bits per heavy atom. The Labute approximate surface area is 150 Å². The van der Waals surface area contributed by atoms with Gasteiger partial charge in [0.15, 0.2) is 0 Å². The van der Waals surface area contributed by atoms with E-state index < -0.39 is 6.10 Å². The second kappa shape index (κ2) is 8.76. The van der Waals surface area contributed by atoms with E-state index in [1.165, 1.54) is 0 Å². The van der Waals surface area contributed by atoms with Crippen LogP contribution in [0.25, 0.3) is 0 Å². The van der Waals surface area contributed by atoms with Crippen molar-refractivity contribution in [1.82, 2.24) is 14.7 Å². The maximum Gasteiger partial charge on any atom is 0.239 e. The number of β-amino-alcohol motifs (C(OH)–C–C–N with tert-alkyl or cyclic N) is 1. The van der Waals surface area contributed by atoms with Gasteiger partial charge < -0.3 is 14.7 Å². The number of morpholine rings is 1. The smallest absolute Gasteiger partial charge is 0.239 e. The van der Waals surface area contributed by atoms with Crippen LogP contribution in [0, 0.1) is 0 Å². The van der Waals surface area contributed by atoms with E-state index in [4.69, 9.17) is 4.74 Å². The molecule has 0 bridgehead atoms. The molecule has 2 fully saturated rings. The van der Waals surface area contributed by atoms with E-state index in [1.807, 2.05) is 42.2 Å². The number of rotatable bonds is 5. The van der Waals surface area contributed by atoms with Crippen molar-refractivity contribution in [2.24, 2.45) is 0 Å².